The maximum atomic E-state index is 12.9. The monoisotopic (exact) mass is 338 g/mol. The third-order valence-corrected chi connectivity index (χ3v) is 3.73. The van der Waals surface area contributed by atoms with Gasteiger partial charge in [-0.15, -0.1) is 0 Å². The Morgan fingerprint density at radius 1 is 1.00 bits per heavy atom. The summed E-state index contributed by atoms with van der Waals surface area (Å²) >= 11 is 0. The van der Waals surface area contributed by atoms with Crippen molar-refractivity contribution in [3.8, 4) is 0 Å². The number of aryl methyl sites for hydroxylation is 1. The molecule has 0 aliphatic heterocycles. The Balaban J connectivity index is 2.29. The molecule has 0 atom stereocenters. The minimum absolute atomic E-state index is 0.112. The van der Waals surface area contributed by atoms with Crippen LogP contribution in [0.3, 0.4) is 0 Å². The van der Waals surface area contributed by atoms with Gasteiger partial charge in [0, 0.05) is 28.9 Å². The minimum atomic E-state index is -0.325. The Kier molecular flexibility index (Phi) is 5.62. The molecule has 0 fully saturated rings. The molecule has 4 nitrogen and oxygen atoms in total. The van der Waals surface area contributed by atoms with Crippen molar-refractivity contribution in [3.63, 3.8) is 0 Å². The number of nitrogens with one attached hydrogen (secondary N) is 1. The summed E-state index contributed by atoms with van der Waals surface area (Å²) in [5.74, 6) is -0.292. The lowest BCUT2D eigenvalue weighted by Gasteiger charge is -2.23. The van der Waals surface area contributed by atoms with Crippen LogP contribution in [0.2, 0.25) is 0 Å². The molecule has 2 amide bonds. The molecular formula is C21H26N2O2. The van der Waals surface area contributed by atoms with Crippen LogP contribution >= 0.6 is 0 Å². The van der Waals surface area contributed by atoms with Crippen LogP contribution in [0.25, 0.3) is 0 Å². The van der Waals surface area contributed by atoms with E-state index in [-0.39, 0.29) is 17.4 Å². The highest BCUT2D eigenvalue weighted by molar-refractivity contribution is 6.07. The Hall–Kier alpha value is -2.62. The lowest BCUT2D eigenvalue weighted by atomic mass is 10.1. The molecule has 0 unspecified atom stereocenters. The fourth-order valence-electron chi connectivity index (χ4n) is 2.60. The minimum Gasteiger partial charge on any atom is -0.347 e. The van der Waals surface area contributed by atoms with Gasteiger partial charge in [0.25, 0.3) is 11.8 Å². The number of amides is 2. The molecule has 0 bridgehead atoms. The highest BCUT2D eigenvalue weighted by Gasteiger charge is 2.19. The lowest BCUT2D eigenvalue weighted by molar-refractivity contribution is 0.0919. The molecule has 0 aliphatic rings. The van der Waals surface area contributed by atoms with Crippen LogP contribution in [0.1, 0.15) is 54.0 Å². The van der Waals surface area contributed by atoms with Crippen LogP contribution in [0.5, 0.6) is 0 Å². The van der Waals surface area contributed by atoms with Gasteiger partial charge in [0.1, 0.15) is 0 Å². The second-order valence-corrected chi connectivity index (χ2v) is 7.17. The molecular weight excluding hydrogens is 312 g/mol. The molecule has 25 heavy (non-hydrogen) atoms. The molecule has 0 saturated heterocycles. The fraction of sp³-hybridized carbons (Fsp3) is 0.333. The summed E-state index contributed by atoms with van der Waals surface area (Å²) in [5.41, 5.74) is 2.62. The average molecular weight is 338 g/mol. The number of anilines is 1. The SMILES string of the molecule is CCN(C(=O)c1cccc(C(=O)NC(C)(C)C)c1)c1cccc(C)c1. The van der Waals surface area contributed by atoms with Gasteiger partial charge in [0.15, 0.2) is 0 Å². The van der Waals surface area contributed by atoms with Gasteiger partial charge in [0.05, 0.1) is 0 Å². The standard InChI is InChI=1S/C21H26N2O2/c1-6-23(18-12-7-9-15(2)13-18)20(25)17-11-8-10-16(14-17)19(24)22-21(3,4)5/h7-14H,6H2,1-5H3,(H,22,24). The first kappa shape index (κ1) is 18.7. The smallest absolute Gasteiger partial charge is 0.258 e. The fourth-order valence-corrected chi connectivity index (χ4v) is 2.60. The average Bonchev–Trinajstić information content (AvgIpc) is 2.54. The number of carbonyl (C=O) groups excluding carboxylic acids is 2. The molecule has 0 aromatic heterocycles. The summed E-state index contributed by atoms with van der Waals surface area (Å²) in [6.45, 7) is 10.3. The largest absolute Gasteiger partial charge is 0.347 e. The molecule has 0 radical (unpaired) electrons. The third kappa shape index (κ3) is 4.92. The number of rotatable bonds is 4. The van der Waals surface area contributed by atoms with Crippen molar-refractivity contribution in [1.29, 1.82) is 0 Å². The Bertz CT molecular complexity index is 775. The van der Waals surface area contributed by atoms with Crippen molar-refractivity contribution >= 4 is 17.5 Å². The number of hydrogen-bond donors (Lipinski definition) is 1. The second kappa shape index (κ2) is 7.51. The van der Waals surface area contributed by atoms with Gasteiger partial charge in [-0.25, -0.2) is 0 Å². The number of benzene rings is 2. The summed E-state index contributed by atoms with van der Waals surface area (Å²) in [6, 6.07) is 14.7. The predicted octanol–water partition coefficient (Wildman–Crippen LogP) is 4.19. The first-order chi connectivity index (χ1) is 11.7. The van der Waals surface area contributed by atoms with Crippen molar-refractivity contribution in [3.05, 3.63) is 65.2 Å². The quantitative estimate of drug-likeness (QED) is 0.909. The first-order valence-electron chi connectivity index (χ1n) is 8.52. The maximum Gasteiger partial charge on any atom is 0.258 e. The van der Waals surface area contributed by atoms with Gasteiger partial charge >= 0.3 is 0 Å². The van der Waals surface area contributed by atoms with Crippen molar-refractivity contribution in [2.24, 2.45) is 0 Å². The number of hydrogen-bond acceptors (Lipinski definition) is 2. The Labute approximate surface area is 149 Å². The van der Waals surface area contributed by atoms with Crippen LogP contribution in [0.15, 0.2) is 48.5 Å². The van der Waals surface area contributed by atoms with Crippen molar-refractivity contribution < 1.29 is 9.59 Å². The summed E-state index contributed by atoms with van der Waals surface area (Å²) in [6.07, 6.45) is 0. The van der Waals surface area contributed by atoms with E-state index in [4.69, 9.17) is 0 Å². The van der Waals surface area contributed by atoms with Crippen LogP contribution in [0, 0.1) is 6.92 Å². The van der Waals surface area contributed by atoms with Crippen molar-refractivity contribution in [2.45, 2.75) is 40.2 Å². The van der Waals surface area contributed by atoms with Gasteiger partial charge in [-0.1, -0.05) is 18.2 Å². The van der Waals surface area contributed by atoms with Crippen LogP contribution in [-0.2, 0) is 0 Å². The summed E-state index contributed by atoms with van der Waals surface area (Å²) in [4.78, 5) is 27.0. The Morgan fingerprint density at radius 3 is 2.24 bits per heavy atom. The van der Waals surface area contributed by atoms with E-state index >= 15 is 0 Å². The van der Waals surface area contributed by atoms with Crippen LogP contribution in [0.4, 0.5) is 5.69 Å². The van der Waals surface area contributed by atoms with Crippen molar-refractivity contribution in [2.75, 3.05) is 11.4 Å². The van der Waals surface area contributed by atoms with E-state index in [1.54, 1.807) is 29.2 Å². The topological polar surface area (TPSA) is 49.4 Å². The van der Waals surface area contributed by atoms with Crippen LogP contribution < -0.4 is 10.2 Å². The molecule has 4 heteroatoms. The van der Waals surface area contributed by atoms with E-state index in [0.29, 0.717) is 17.7 Å². The predicted molar refractivity (Wildman–Crippen MR) is 102 cm³/mol. The maximum absolute atomic E-state index is 12.9. The molecule has 2 aromatic rings. The zero-order chi connectivity index (χ0) is 18.6. The van der Waals surface area contributed by atoms with E-state index in [1.807, 2.05) is 58.9 Å². The molecule has 0 heterocycles. The van der Waals surface area contributed by atoms with E-state index in [2.05, 4.69) is 5.32 Å². The molecule has 0 aliphatic carbocycles. The van der Waals surface area contributed by atoms with Gasteiger partial charge < -0.3 is 10.2 Å². The van der Waals surface area contributed by atoms with E-state index in [9.17, 15) is 9.59 Å². The van der Waals surface area contributed by atoms with E-state index < -0.39 is 0 Å². The van der Waals surface area contributed by atoms with Gasteiger partial charge in [-0.05, 0) is 70.5 Å². The van der Waals surface area contributed by atoms with Crippen LogP contribution in [-0.4, -0.2) is 23.9 Å². The summed E-state index contributed by atoms with van der Waals surface area (Å²) in [7, 11) is 0. The van der Waals surface area contributed by atoms with E-state index in [1.165, 1.54) is 0 Å². The third-order valence-electron chi connectivity index (χ3n) is 3.73. The second-order valence-electron chi connectivity index (χ2n) is 7.17. The first-order valence-corrected chi connectivity index (χ1v) is 8.52. The molecule has 132 valence electrons. The zero-order valence-corrected chi connectivity index (χ0v) is 15.6. The van der Waals surface area contributed by atoms with E-state index in [0.717, 1.165) is 11.3 Å². The number of carbonyl (C=O) groups is 2. The highest BCUT2D eigenvalue weighted by atomic mass is 16.2. The van der Waals surface area contributed by atoms with Gasteiger partial charge in [-0.2, -0.15) is 0 Å². The molecule has 1 N–H and O–H groups in total. The van der Waals surface area contributed by atoms with Gasteiger partial charge in [-0.3, -0.25) is 9.59 Å². The normalized spacial score (nSPS) is 11.1. The summed E-state index contributed by atoms with van der Waals surface area (Å²) in [5, 5.41) is 2.92. The molecule has 0 spiro atoms. The highest BCUT2D eigenvalue weighted by Crippen LogP contribution is 2.19. The molecule has 0 saturated carbocycles. The van der Waals surface area contributed by atoms with Gasteiger partial charge in [0.2, 0.25) is 0 Å². The number of nitrogens with zero attached hydrogens (tertiary/aromatic N) is 1. The molecule has 2 rings (SSSR count). The zero-order valence-electron chi connectivity index (χ0n) is 15.6. The summed E-state index contributed by atoms with van der Waals surface area (Å²) < 4.78 is 0. The van der Waals surface area contributed by atoms with Crippen molar-refractivity contribution in [1.82, 2.24) is 5.32 Å². The lowest BCUT2D eigenvalue weighted by Crippen LogP contribution is -2.40. The molecule has 2 aromatic carbocycles. The Morgan fingerprint density at radius 2 is 1.64 bits per heavy atom.